The molecule has 154 valence electrons. The molecule has 5 nitrogen and oxygen atoms in total. The first-order valence-electron chi connectivity index (χ1n) is 8.93. The molecule has 1 saturated heterocycles. The molecule has 0 unspecified atom stereocenters. The zero-order valence-electron chi connectivity index (χ0n) is 15.3. The van der Waals surface area contributed by atoms with E-state index < -0.39 is 36.0 Å². The number of esters is 1. The fourth-order valence-electron chi connectivity index (χ4n) is 3.07. The number of alkyl halides is 3. The first kappa shape index (κ1) is 20.6. The molecule has 1 aliphatic rings. The molecule has 1 heterocycles. The number of hydrogen-bond donors (Lipinski definition) is 1. The number of nitrogens with zero attached hydrogens (tertiary/aromatic N) is 1. The second-order valence-corrected chi connectivity index (χ2v) is 6.53. The Labute approximate surface area is 164 Å². The van der Waals surface area contributed by atoms with E-state index in [4.69, 9.17) is 4.74 Å². The molecule has 0 saturated carbocycles. The molecule has 0 radical (unpaired) electrons. The van der Waals surface area contributed by atoms with Crippen LogP contribution in [0.1, 0.15) is 28.8 Å². The Morgan fingerprint density at radius 3 is 2.41 bits per heavy atom. The van der Waals surface area contributed by atoms with Gasteiger partial charge in [-0.05, 0) is 43.2 Å². The SMILES string of the molecule is O=C(COC(=O)c1ccccc1F)Nc1cc(C(F)(F)F)ccc1N1CCCC1. The third-order valence-corrected chi connectivity index (χ3v) is 4.47. The number of halogens is 4. The normalized spacial score (nSPS) is 14.0. The fourth-order valence-corrected chi connectivity index (χ4v) is 3.07. The molecule has 1 amide bonds. The van der Waals surface area contributed by atoms with Crippen LogP contribution in [0.5, 0.6) is 0 Å². The Morgan fingerprint density at radius 2 is 1.76 bits per heavy atom. The average Bonchev–Trinajstić information content (AvgIpc) is 3.20. The maximum Gasteiger partial charge on any atom is 0.416 e. The van der Waals surface area contributed by atoms with E-state index in [0.29, 0.717) is 18.8 Å². The average molecular weight is 410 g/mol. The van der Waals surface area contributed by atoms with Crippen molar-refractivity contribution >= 4 is 23.3 Å². The summed E-state index contributed by atoms with van der Waals surface area (Å²) >= 11 is 0. The van der Waals surface area contributed by atoms with Crippen LogP contribution in [0.4, 0.5) is 28.9 Å². The van der Waals surface area contributed by atoms with E-state index in [9.17, 15) is 27.2 Å². The largest absolute Gasteiger partial charge is 0.452 e. The summed E-state index contributed by atoms with van der Waals surface area (Å²) in [6, 6.07) is 8.23. The summed E-state index contributed by atoms with van der Waals surface area (Å²) in [4.78, 5) is 25.9. The van der Waals surface area contributed by atoms with Gasteiger partial charge in [-0.2, -0.15) is 13.2 Å². The fraction of sp³-hybridized carbons (Fsp3) is 0.300. The number of benzene rings is 2. The minimum Gasteiger partial charge on any atom is -0.452 e. The minimum absolute atomic E-state index is 0.0198. The molecule has 1 N–H and O–H groups in total. The highest BCUT2D eigenvalue weighted by molar-refractivity contribution is 5.97. The van der Waals surface area contributed by atoms with Gasteiger partial charge in [0.1, 0.15) is 5.82 Å². The van der Waals surface area contributed by atoms with Crippen LogP contribution < -0.4 is 10.2 Å². The highest BCUT2D eigenvalue weighted by Crippen LogP contribution is 2.36. The molecule has 1 aliphatic heterocycles. The van der Waals surface area contributed by atoms with Crippen molar-refractivity contribution in [3.63, 3.8) is 0 Å². The van der Waals surface area contributed by atoms with Crippen molar-refractivity contribution < 1.29 is 31.9 Å². The topological polar surface area (TPSA) is 58.6 Å². The Balaban J connectivity index is 1.72. The predicted molar refractivity (Wildman–Crippen MR) is 98.2 cm³/mol. The van der Waals surface area contributed by atoms with Gasteiger partial charge in [0, 0.05) is 13.1 Å². The van der Waals surface area contributed by atoms with Gasteiger partial charge in [0.2, 0.25) is 0 Å². The molecule has 0 aliphatic carbocycles. The highest BCUT2D eigenvalue weighted by atomic mass is 19.4. The number of nitrogens with one attached hydrogen (secondary N) is 1. The van der Waals surface area contributed by atoms with Crippen molar-refractivity contribution in [2.75, 3.05) is 29.9 Å². The summed E-state index contributed by atoms with van der Waals surface area (Å²) in [6.07, 6.45) is -2.77. The molecule has 0 spiro atoms. The minimum atomic E-state index is -4.57. The van der Waals surface area contributed by atoms with Crippen molar-refractivity contribution in [3.8, 4) is 0 Å². The molecular weight excluding hydrogens is 392 g/mol. The van der Waals surface area contributed by atoms with Crippen molar-refractivity contribution in [1.82, 2.24) is 0 Å². The van der Waals surface area contributed by atoms with E-state index in [2.05, 4.69) is 5.32 Å². The summed E-state index contributed by atoms with van der Waals surface area (Å²) < 4.78 is 57.5. The van der Waals surface area contributed by atoms with E-state index in [0.717, 1.165) is 31.0 Å². The van der Waals surface area contributed by atoms with Crippen LogP contribution >= 0.6 is 0 Å². The number of carbonyl (C=O) groups excluding carboxylic acids is 2. The van der Waals surface area contributed by atoms with Gasteiger partial charge in [-0.15, -0.1) is 0 Å². The molecular formula is C20H18F4N2O3. The zero-order chi connectivity index (χ0) is 21.0. The summed E-state index contributed by atoms with van der Waals surface area (Å²) in [6.45, 7) is 0.565. The molecule has 29 heavy (non-hydrogen) atoms. The van der Waals surface area contributed by atoms with Crippen molar-refractivity contribution in [1.29, 1.82) is 0 Å². The standard InChI is InChI=1S/C20H18F4N2O3/c21-15-6-2-1-5-14(15)19(28)29-12-18(27)25-16-11-13(20(22,23)24)7-8-17(16)26-9-3-4-10-26/h1-2,5-8,11H,3-4,9-10,12H2,(H,25,27). The van der Waals surface area contributed by atoms with Crippen LogP contribution in [0.15, 0.2) is 42.5 Å². The van der Waals surface area contributed by atoms with E-state index >= 15 is 0 Å². The van der Waals surface area contributed by atoms with E-state index in [1.165, 1.54) is 24.3 Å². The molecule has 1 fully saturated rings. The predicted octanol–water partition coefficient (Wildman–Crippen LogP) is 4.24. The van der Waals surface area contributed by atoms with Gasteiger partial charge in [-0.3, -0.25) is 4.79 Å². The van der Waals surface area contributed by atoms with Gasteiger partial charge < -0.3 is 15.0 Å². The summed E-state index contributed by atoms with van der Waals surface area (Å²) in [5.41, 5.74) is -0.797. The van der Waals surface area contributed by atoms with Crippen LogP contribution in [0.25, 0.3) is 0 Å². The van der Waals surface area contributed by atoms with Gasteiger partial charge in [0.05, 0.1) is 22.5 Å². The second-order valence-electron chi connectivity index (χ2n) is 6.53. The first-order valence-corrected chi connectivity index (χ1v) is 8.93. The lowest BCUT2D eigenvalue weighted by Crippen LogP contribution is -2.25. The highest BCUT2D eigenvalue weighted by Gasteiger charge is 2.32. The number of amides is 1. The lowest BCUT2D eigenvalue weighted by molar-refractivity contribution is -0.137. The maximum atomic E-state index is 13.6. The van der Waals surface area contributed by atoms with Crippen molar-refractivity contribution in [3.05, 3.63) is 59.4 Å². The number of carbonyl (C=O) groups is 2. The van der Waals surface area contributed by atoms with E-state index in [1.54, 1.807) is 0 Å². The number of anilines is 2. The van der Waals surface area contributed by atoms with Gasteiger partial charge in [0.15, 0.2) is 6.61 Å². The summed E-state index contributed by atoms with van der Waals surface area (Å²) in [5.74, 6) is -2.66. The number of ether oxygens (including phenoxy) is 1. The quantitative estimate of drug-likeness (QED) is 0.592. The molecule has 2 aromatic rings. The Bertz CT molecular complexity index is 909. The second kappa shape index (κ2) is 8.50. The maximum absolute atomic E-state index is 13.6. The van der Waals surface area contributed by atoms with Crippen LogP contribution in [0.3, 0.4) is 0 Å². The van der Waals surface area contributed by atoms with Crippen LogP contribution in [0.2, 0.25) is 0 Å². The number of hydrogen-bond acceptors (Lipinski definition) is 4. The van der Waals surface area contributed by atoms with Gasteiger partial charge in [0.25, 0.3) is 5.91 Å². The Hall–Kier alpha value is -3.10. The Morgan fingerprint density at radius 1 is 1.07 bits per heavy atom. The van der Waals surface area contributed by atoms with Crippen LogP contribution in [-0.4, -0.2) is 31.6 Å². The molecule has 0 atom stereocenters. The monoisotopic (exact) mass is 410 g/mol. The third kappa shape index (κ3) is 5.04. The zero-order valence-corrected chi connectivity index (χ0v) is 15.3. The molecule has 0 bridgehead atoms. The summed E-state index contributed by atoms with van der Waals surface area (Å²) in [7, 11) is 0. The summed E-state index contributed by atoms with van der Waals surface area (Å²) in [5, 5.41) is 2.37. The van der Waals surface area contributed by atoms with Crippen molar-refractivity contribution in [2.45, 2.75) is 19.0 Å². The first-order chi connectivity index (χ1) is 13.8. The molecule has 3 rings (SSSR count). The van der Waals surface area contributed by atoms with E-state index in [1.807, 2.05) is 4.90 Å². The lowest BCUT2D eigenvalue weighted by Gasteiger charge is -2.23. The van der Waals surface area contributed by atoms with Gasteiger partial charge in [-0.1, -0.05) is 12.1 Å². The van der Waals surface area contributed by atoms with Crippen molar-refractivity contribution in [2.24, 2.45) is 0 Å². The van der Waals surface area contributed by atoms with Gasteiger partial charge in [-0.25, -0.2) is 9.18 Å². The molecule has 0 aromatic heterocycles. The van der Waals surface area contributed by atoms with Crippen LogP contribution in [-0.2, 0) is 15.7 Å². The van der Waals surface area contributed by atoms with E-state index in [-0.39, 0.29) is 11.3 Å². The third-order valence-electron chi connectivity index (χ3n) is 4.47. The Kier molecular flexibility index (Phi) is 6.05. The molecule has 9 heteroatoms. The van der Waals surface area contributed by atoms with Gasteiger partial charge >= 0.3 is 12.1 Å². The lowest BCUT2D eigenvalue weighted by atomic mass is 10.1. The molecule has 2 aromatic carbocycles. The van der Waals surface area contributed by atoms with Crippen LogP contribution in [0, 0.1) is 5.82 Å². The smallest absolute Gasteiger partial charge is 0.416 e. The number of rotatable bonds is 5.